The fraction of sp³-hybridized carbons (Fsp3) is 0.533. The average molecular weight is 326 g/mol. The Balaban J connectivity index is 2.06. The molecule has 0 spiro atoms. The molecule has 1 amide bonds. The standard InChI is InChI=1S/C15H20BrNO2/c1-2-12-3-5-13(6-4-12)14(18)17-15(11-16)7-9-19-10-8-15/h3-6H,2,7-11H2,1H3,(H,17,18). The van der Waals surface area contributed by atoms with Gasteiger partial charge in [-0.15, -0.1) is 0 Å². The average Bonchev–Trinajstić information content (AvgIpc) is 2.48. The van der Waals surface area contributed by atoms with Crippen molar-refractivity contribution in [3.8, 4) is 0 Å². The highest BCUT2D eigenvalue weighted by molar-refractivity contribution is 9.09. The van der Waals surface area contributed by atoms with Gasteiger partial charge in [0.15, 0.2) is 0 Å². The van der Waals surface area contributed by atoms with Crippen molar-refractivity contribution in [2.75, 3.05) is 18.5 Å². The summed E-state index contributed by atoms with van der Waals surface area (Å²) in [5.74, 6) is 0.00371. The number of amides is 1. The summed E-state index contributed by atoms with van der Waals surface area (Å²) in [6.07, 6.45) is 2.71. The van der Waals surface area contributed by atoms with Gasteiger partial charge in [-0.2, -0.15) is 0 Å². The minimum atomic E-state index is -0.168. The zero-order valence-electron chi connectivity index (χ0n) is 11.2. The van der Waals surface area contributed by atoms with E-state index in [-0.39, 0.29) is 11.4 Å². The van der Waals surface area contributed by atoms with Crippen LogP contribution in [0.25, 0.3) is 0 Å². The van der Waals surface area contributed by atoms with Gasteiger partial charge in [-0.3, -0.25) is 4.79 Å². The third-order valence-corrected chi connectivity index (χ3v) is 4.78. The number of halogens is 1. The Morgan fingerprint density at radius 1 is 1.32 bits per heavy atom. The highest BCUT2D eigenvalue weighted by Gasteiger charge is 2.33. The van der Waals surface area contributed by atoms with Crippen LogP contribution in [0.15, 0.2) is 24.3 Å². The van der Waals surface area contributed by atoms with Gasteiger partial charge in [0.1, 0.15) is 0 Å². The SMILES string of the molecule is CCc1ccc(C(=O)NC2(CBr)CCOCC2)cc1. The molecule has 0 aromatic heterocycles. The van der Waals surface area contributed by atoms with E-state index in [4.69, 9.17) is 4.74 Å². The van der Waals surface area contributed by atoms with Gasteiger partial charge in [-0.25, -0.2) is 0 Å². The molecule has 1 heterocycles. The topological polar surface area (TPSA) is 38.3 Å². The molecular formula is C15H20BrNO2. The lowest BCUT2D eigenvalue weighted by Crippen LogP contribution is -2.53. The molecule has 0 radical (unpaired) electrons. The largest absolute Gasteiger partial charge is 0.381 e. The quantitative estimate of drug-likeness (QED) is 0.864. The third kappa shape index (κ3) is 3.57. The highest BCUT2D eigenvalue weighted by atomic mass is 79.9. The maximum atomic E-state index is 12.3. The summed E-state index contributed by atoms with van der Waals surface area (Å²) >= 11 is 3.52. The van der Waals surface area contributed by atoms with Crippen LogP contribution in [0.1, 0.15) is 35.7 Å². The molecule has 0 unspecified atom stereocenters. The van der Waals surface area contributed by atoms with E-state index in [0.29, 0.717) is 13.2 Å². The van der Waals surface area contributed by atoms with Gasteiger partial charge in [0.05, 0.1) is 5.54 Å². The maximum absolute atomic E-state index is 12.3. The molecule has 1 N–H and O–H groups in total. The van der Waals surface area contributed by atoms with E-state index < -0.39 is 0 Å². The number of alkyl halides is 1. The molecule has 1 saturated heterocycles. The van der Waals surface area contributed by atoms with Gasteiger partial charge in [0, 0.05) is 24.1 Å². The second-order valence-corrected chi connectivity index (χ2v) is 5.59. The van der Waals surface area contributed by atoms with E-state index in [2.05, 4.69) is 28.2 Å². The summed E-state index contributed by atoms with van der Waals surface area (Å²) in [5.41, 5.74) is 1.81. The first kappa shape index (κ1) is 14.5. The van der Waals surface area contributed by atoms with Crippen molar-refractivity contribution in [1.82, 2.24) is 5.32 Å². The van der Waals surface area contributed by atoms with Crippen LogP contribution >= 0.6 is 15.9 Å². The molecule has 1 aliphatic rings. The normalized spacial score (nSPS) is 18.0. The molecule has 1 aromatic carbocycles. The second-order valence-electron chi connectivity index (χ2n) is 5.03. The molecule has 0 saturated carbocycles. The first-order chi connectivity index (χ1) is 9.19. The van der Waals surface area contributed by atoms with Crippen molar-refractivity contribution in [3.05, 3.63) is 35.4 Å². The maximum Gasteiger partial charge on any atom is 0.251 e. The lowest BCUT2D eigenvalue weighted by molar-refractivity contribution is 0.0442. The van der Waals surface area contributed by atoms with Gasteiger partial charge in [0.25, 0.3) is 5.91 Å². The summed E-state index contributed by atoms with van der Waals surface area (Å²) in [6, 6.07) is 7.82. The number of hydrogen-bond acceptors (Lipinski definition) is 2. The second kappa shape index (κ2) is 6.53. The zero-order chi connectivity index (χ0) is 13.7. The molecule has 0 atom stereocenters. The van der Waals surface area contributed by atoms with E-state index in [9.17, 15) is 4.79 Å². The molecule has 3 nitrogen and oxygen atoms in total. The molecule has 0 bridgehead atoms. The fourth-order valence-electron chi connectivity index (χ4n) is 2.26. The van der Waals surface area contributed by atoms with E-state index in [1.807, 2.05) is 24.3 Å². The molecule has 4 heteroatoms. The monoisotopic (exact) mass is 325 g/mol. The number of nitrogens with one attached hydrogen (secondary N) is 1. The van der Waals surface area contributed by atoms with Crippen LogP contribution in [0.3, 0.4) is 0 Å². The van der Waals surface area contributed by atoms with Crippen molar-refractivity contribution in [1.29, 1.82) is 0 Å². The number of carbonyl (C=O) groups is 1. The predicted molar refractivity (Wildman–Crippen MR) is 79.9 cm³/mol. The number of ether oxygens (including phenoxy) is 1. The summed E-state index contributed by atoms with van der Waals surface area (Å²) in [5, 5.41) is 3.94. The van der Waals surface area contributed by atoms with E-state index >= 15 is 0 Å². The molecule has 1 fully saturated rings. The Bertz CT molecular complexity index is 424. The van der Waals surface area contributed by atoms with Gasteiger partial charge in [0.2, 0.25) is 0 Å². The van der Waals surface area contributed by atoms with Gasteiger partial charge < -0.3 is 10.1 Å². The van der Waals surface area contributed by atoms with Crippen LogP contribution in [-0.4, -0.2) is 30.0 Å². The van der Waals surface area contributed by atoms with Gasteiger partial charge in [-0.05, 0) is 37.0 Å². The molecule has 104 valence electrons. The van der Waals surface area contributed by atoms with Crippen LogP contribution in [0.2, 0.25) is 0 Å². The Morgan fingerprint density at radius 3 is 2.47 bits per heavy atom. The minimum Gasteiger partial charge on any atom is -0.381 e. The molecule has 0 aliphatic carbocycles. The van der Waals surface area contributed by atoms with Crippen LogP contribution in [0.4, 0.5) is 0 Å². The Morgan fingerprint density at radius 2 is 1.95 bits per heavy atom. The third-order valence-electron chi connectivity index (χ3n) is 3.71. The number of aryl methyl sites for hydroxylation is 1. The summed E-state index contributed by atoms with van der Waals surface area (Å²) in [7, 11) is 0. The van der Waals surface area contributed by atoms with Crippen LogP contribution in [0, 0.1) is 0 Å². The Hall–Kier alpha value is -0.870. The number of rotatable bonds is 4. The predicted octanol–water partition coefficient (Wildman–Crippen LogP) is 2.92. The Kier molecular flexibility index (Phi) is 4.99. The van der Waals surface area contributed by atoms with Crippen molar-refractivity contribution >= 4 is 21.8 Å². The number of carbonyl (C=O) groups excluding carboxylic acids is 1. The fourth-order valence-corrected chi connectivity index (χ4v) is 2.96. The summed E-state index contributed by atoms with van der Waals surface area (Å²) in [4.78, 5) is 12.3. The molecule has 19 heavy (non-hydrogen) atoms. The van der Waals surface area contributed by atoms with E-state index in [1.54, 1.807) is 0 Å². The Labute approximate surface area is 122 Å². The van der Waals surface area contributed by atoms with Crippen molar-refractivity contribution in [2.24, 2.45) is 0 Å². The van der Waals surface area contributed by atoms with Crippen LogP contribution < -0.4 is 5.32 Å². The molecule has 1 aliphatic heterocycles. The smallest absolute Gasteiger partial charge is 0.251 e. The first-order valence-electron chi connectivity index (χ1n) is 6.74. The highest BCUT2D eigenvalue weighted by Crippen LogP contribution is 2.23. The van der Waals surface area contributed by atoms with Crippen LogP contribution in [0.5, 0.6) is 0 Å². The molecular weight excluding hydrogens is 306 g/mol. The zero-order valence-corrected chi connectivity index (χ0v) is 12.8. The van der Waals surface area contributed by atoms with Crippen molar-refractivity contribution in [2.45, 2.75) is 31.7 Å². The van der Waals surface area contributed by atoms with Crippen molar-refractivity contribution in [3.63, 3.8) is 0 Å². The lowest BCUT2D eigenvalue weighted by atomic mass is 9.92. The van der Waals surface area contributed by atoms with E-state index in [0.717, 1.165) is 30.2 Å². The van der Waals surface area contributed by atoms with E-state index in [1.165, 1.54) is 5.56 Å². The lowest BCUT2D eigenvalue weighted by Gasteiger charge is -2.36. The van der Waals surface area contributed by atoms with Gasteiger partial charge >= 0.3 is 0 Å². The van der Waals surface area contributed by atoms with Crippen LogP contribution in [-0.2, 0) is 11.2 Å². The number of hydrogen-bond donors (Lipinski definition) is 1. The number of benzene rings is 1. The minimum absolute atomic E-state index is 0.00371. The van der Waals surface area contributed by atoms with Crippen molar-refractivity contribution < 1.29 is 9.53 Å². The summed E-state index contributed by atoms with van der Waals surface area (Å²) in [6.45, 7) is 3.53. The molecule has 2 rings (SSSR count). The van der Waals surface area contributed by atoms with Gasteiger partial charge in [-0.1, -0.05) is 35.0 Å². The summed E-state index contributed by atoms with van der Waals surface area (Å²) < 4.78 is 5.37. The molecule has 1 aromatic rings. The first-order valence-corrected chi connectivity index (χ1v) is 7.86.